The number of phenolic OH excluding ortho intramolecular Hbond substituents is 1. The molecular formula is C16H22O3. The number of hydrogen-bond acceptors (Lipinski definition) is 2. The Morgan fingerprint density at radius 3 is 2.32 bits per heavy atom. The summed E-state index contributed by atoms with van der Waals surface area (Å²) in [7, 11) is 0. The summed E-state index contributed by atoms with van der Waals surface area (Å²) in [4.78, 5) is 11.8. The third-order valence-corrected chi connectivity index (χ3v) is 4.38. The topological polar surface area (TPSA) is 57.5 Å². The van der Waals surface area contributed by atoms with Crippen molar-refractivity contribution in [1.82, 2.24) is 0 Å². The van der Waals surface area contributed by atoms with Crippen LogP contribution in [0.3, 0.4) is 0 Å². The average molecular weight is 262 g/mol. The van der Waals surface area contributed by atoms with Crippen molar-refractivity contribution in [3.05, 3.63) is 28.8 Å². The molecule has 0 radical (unpaired) electrons. The number of carboxylic acids is 1. The van der Waals surface area contributed by atoms with Crippen molar-refractivity contribution >= 4 is 5.97 Å². The predicted octanol–water partition coefficient (Wildman–Crippen LogP) is 3.72. The molecular weight excluding hydrogens is 240 g/mol. The lowest BCUT2D eigenvalue weighted by molar-refractivity contribution is -0.143. The number of benzene rings is 1. The van der Waals surface area contributed by atoms with E-state index in [-0.39, 0.29) is 11.7 Å². The van der Waals surface area contributed by atoms with E-state index in [1.165, 1.54) is 0 Å². The highest BCUT2D eigenvalue weighted by Crippen LogP contribution is 2.48. The van der Waals surface area contributed by atoms with Crippen molar-refractivity contribution in [2.24, 2.45) is 0 Å². The molecule has 1 aromatic carbocycles. The molecule has 1 aromatic rings. The van der Waals surface area contributed by atoms with Crippen LogP contribution in [0, 0.1) is 6.92 Å². The van der Waals surface area contributed by atoms with Crippen LogP contribution < -0.4 is 0 Å². The first-order valence-electron chi connectivity index (χ1n) is 6.96. The molecule has 0 atom stereocenters. The van der Waals surface area contributed by atoms with E-state index in [0.29, 0.717) is 18.4 Å². The Morgan fingerprint density at radius 2 is 1.84 bits per heavy atom. The maximum Gasteiger partial charge on any atom is 0.314 e. The fourth-order valence-corrected chi connectivity index (χ4v) is 3.33. The van der Waals surface area contributed by atoms with Crippen molar-refractivity contribution in [2.45, 2.75) is 57.8 Å². The number of carbonyl (C=O) groups is 1. The van der Waals surface area contributed by atoms with Gasteiger partial charge >= 0.3 is 5.97 Å². The van der Waals surface area contributed by atoms with Gasteiger partial charge in [0.15, 0.2) is 0 Å². The van der Waals surface area contributed by atoms with Crippen LogP contribution in [-0.2, 0) is 10.2 Å². The molecule has 0 saturated heterocycles. The predicted molar refractivity (Wildman–Crippen MR) is 74.7 cm³/mol. The SMILES string of the molecule is Cc1ccc(C(C)C)c(O)c1C1(C(=O)O)CCCC1. The first-order chi connectivity index (χ1) is 8.90. The second-order valence-electron chi connectivity index (χ2n) is 5.94. The minimum Gasteiger partial charge on any atom is -0.507 e. The molecule has 2 N–H and O–H groups in total. The Balaban J connectivity index is 2.66. The van der Waals surface area contributed by atoms with E-state index in [4.69, 9.17) is 0 Å². The van der Waals surface area contributed by atoms with Crippen LogP contribution in [0.5, 0.6) is 5.75 Å². The summed E-state index contributed by atoms with van der Waals surface area (Å²) in [5.74, 6) is -0.421. The zero-order valence-corrected chi connectivity index (χ0v) is 11.9. The van der Waals surface area contributed by atoms with Gasteiger partial charge in [0.25, 0.3) is 0 Å². The highest BCUT2D eigenvalue weighted by Gasteiger charge is 2.45. The first-order valence-corrected chi connectivity index (χ1v) is 6.96. The lowest BCUT2D eigenvalue weighted by Crippen LogP contribution is -2.33. The number of rotatable bonds is 3. The molecule has 0 heterocycles. The molecule has 1 fully saturated rings. The van der Waals surface area contributed by atoms with E-state index in [1.807, 2.05) is 32.9 Å². The van der Waals surface area contributed by atoms with Gasteiger partial charge in [0.2, 0.25) is 0 Å². The van der Waals surface area contributed by atoms with E-state index in [0.717, 1.165) is 24.0 Å². The molecule has 2 rings (SSSR count). The van der Waals surface area contributed by atoms with E-state index in [9.17, 15) is 15.0 Å². The Labute approximate surface area is 114 Å². The molecule has 0 unspecified atom stereocenters. The molecule has 1 aliphatic rings. The third-order valence-electron chi connectivity index (χ3n) is 4.38. The van der Waals surface area contributed by atoms with Crippen molar-refractivity contribution in [2.75, 3.05) is 0 Å². The van der Waals surface area contributed by atoms with Gasteiger partial charge in [-0.25, -0.2) is 0 Å². The van der Waals surface area contributed by atoms with Gasteiger partial charge in [0.1, 0.15) is 5.75 Å². The largest absolute Gasteiger partial charge is 0.507 e. The standard InChI is InChI=1S/C16H22O3/c1-10(2)12-7-6-11(3)13(14(12)17)16(15(18)19)8-4-5-9-16/h6-7,10,17H,4-5,8-9H2,1-3H3,(H,18,19). The van der Waals surface area contributed by atoms with Gasteiger partial charge in [-0.1, -0.05) is 38.8 Å². The zero-order chi connectivity index (χ0) is 14.2. The normalized spacial score (nSPS) is 17.9. The zero-order valence-electron chi connectivity index (χ0n) is 11.9. The molecule has 0 aromatic heterocycles. The summed E-state index contributed by atoms with van der Waals surface area (Å²) in [6.45, 7) is 5.91. The fraction of sp³-hybridized carbons (Fsp3) is 0.562. The molecule has 0 aliphatic heterocycles. The smallest absolute Gasteiger partial charge is 0.314 e. The van der Waals surface area contributed by atoms with Crippen LogP contribution in [0.25, 0.3) is 0 Å². The molecule has 0 bridgehead atoms. The van der Waals surface area contributed by atoms with Crippen molar-refractivity contribution in [3.63, 3.8) is 0 Å². The van der Waals surface area contributed by atoms with Gasteiger partial charge in [-0.05, 0) is 36.8 Å². The Bertz CT molecular complexity index is 497. The quantitative estimate of drug-likeness (QED) is 0.872. The van der Waals surface area contributed by atoms with Crippen molar-refractivity contribution < 1.29 is 15.0 Å². The number of aliphatic carboxylic acids is 1. The second-order valence-corrected chi connectivity index (χ2v) is 5.94. The van der Waals surface area contributed by atoms with Crippen LogP contribution in [0.1, 0.15) is 62.1 Å². The van der Waals surface area contributed by atoms with Gasteiger partial charge in [0.05, 0.1) is 5.41 Å². The molecule has 1 aliphatic carbocycles. The van der Waals surface area contributed by atoms with Crippen LogP contribution in [0.4, 0.5) is 0 Å². The number of hydrogen-bond donors (Lipinski definition) is 2. The highest BCUT2D eigenvalue weighted by molar-refractivity contribution is 5.84. The first kappa shape index (κ1) is 13.9. The van der Waals surface area contributed by atoms with Gasteiger partial charge in [-0.15, -0.1) is 0 Å². The molecule has 0 amide bonds. The Hall–Kier alpha value is -1.51. The van der Waals surface area contributed by atoms with Gasteiger partial charge in [-0.2, -0.15) is 0 Å². The van der Waals surface area contributed by atoms with Crippen LogP contribution >= 0.6 is 0 Å². The maximum absolute atomic E-state index is 11.8. The lowest BCUT2D eigenvalue weighted by atomic mass is 9.75. The van der Waals surface area contributed by atoms with Gasteiger partial charge < -0.3 is 10.2 Å². The van der Waals surface area contributed by atoms with Gasteiger partial charge in [0, 0.05) is 5.56 Å². The summed E-state index contributed by atoms with van der Waals surface area (Å²) in [5, 5.41) is 20.2. The van der Waals surface area contributed by atoms with E-state index in [1.54, 1.807) is 0 Å². The molecule has 3 nitrogen and oxygen atoms in total. The number of phenols is 1. The monoisotopic (exact) mass is 262 g/mol. The minimum absolute atomic E-state index is 0.187. The summed E-state index contributed by atoms with van der Waals surface area (Å²) in [6, 6.07) is 3.84. The van der Waals surface area contributed by atoms with Crippen LogP contribution in [-0.4, -0.2) is 16.2 Å². The second kappa shape index (κ2) is 4.87. The fourth-order valence-electron chi connectivity index (χ4n) is 3.33. The molecule has 0 spiro atoms. The van der Waals surface area contributed by atoms with Crippen LogP contribution in [0.15, 0.2) is 12.1 Å². The van der Waals surface area contributed by atoms with E-state index >= 15 is 0 Å². The van der Waals surface area contributed by atoms with E-state index in [2.05, 4.69) is 0 Å². The number of aromatic hydroxyl groups is 1. The third kappa shape index (κ3) is 2.11. The Kier molecular flexibility index (Phi) is 3.57. The summed E-state index contributed by atoms with van der Waals surface area (Å²) < 4.78 is 0. The van der Waals surface area contributed by atoms with Crippen molar-refractivity contribution in [3.8, 4) is 5.75 Å². The summed E-state index contributed by atoms with van der Waals surface area (Å²) in [6.07, 6.45) is 3.07. The number of aryl methyl sites for hydroxylation is 1. The van der Waals surface area contributed by atoms with E-state index < -0.39 is 11.4 Å². The number of carboxylic acid groups (broad SMARTS) is 1. The maximum atomic E-state index is 11.8. The molecule has 104 valence electrons. The highest BCUT2D eigenvalue weighted by atomic mass is 16.4. The lowest BCUT2D eigenvalue weighted by Gasteiger charge is -2.28. The summed E-state index contributed by atoms with van der Waals surface area (Å²) in [5.41, 5.74) is 1.47. The van der Waals surface area contributed by atoms with Crippen LogP contribution in [0.2, 0.25) is 0 Å². The average Bonchev–Trinajstić information content (AvgIpc) is 2.79. The molecule has 19 heavy (non-hydrogen) atoms. The molecule has 1 saturated carbocycles. The van der Waals surface area contributed by atoms with Crippen molar-refractivity contribution in [1.29, 1.82) is 0 Å². The van der Waals surface area contributed by atoms with Gasteiger partial charge in [-0.3, -0.25) is 4.79 Å². The Morgan fingerprint density at radius 1 is 1.26 bits per heavy atom. The molecule has 3 heteroatoms. The summed E-state index contributed by atoms with van der Waals surface area (Å²) >= 11 is 0. The minimum atomic E-state index is -0.890.